The second-order valence-corrected chi connectivity index (χ2v) is 9.89. The molecular formula is C26H29F4N3O3. The monoisotopic (exact) mass is 507 g/mol. The smallest absolute Gasteiger partial charge is 0.341 e. The van der Waals surface area contributed by atoms with Crippen LogP contribution in [0.1, 0.15) is 48.1 Å². The van der Waals surface area contributed by atoms with E-state index in [-0.39, 0.29) is 24.3 Å². The Hall–Kier alpha value is -2.56. The summed E-state index contributed by atoms with van der Waals surface area (Å²) >= 11 is 0. The molecule has 5 rings (SSSR count). The van der Waals surface area contributed by atoms with Crippen LogP contribution >= 0.6 is 0 Å². The number of benzene rings is 1. The number of carbonyl (C=O) groups excluding carboxylic acids is 1. The average molecular weight is 508 g/mol. The van der Waals surface area contributed by atoms with E-state index in [4.69, 9.17) is 9.47 Å². The van der Waals surface area contributed by atoms with Gasteiger partial charge in [-0.15, -0.1) is 0 Å². The van der Waals surface area contributed by atoms with Gasteiger partial charge in [-0.2, -0.15) is 13.2 Å². The van der Waals surface area contributed by atoms with Gasteiger partial charge in [0, 0.05) is 31.4 Å². The maximum Gasteiger partial charge on any atom is 0.417 e. The Labute approximate surface area is 207 Å². The Kier molecular flexibility index (Phi) is 6.78. The molecule has 0 unspecified atom stereocenters. The van der Waals surface area contributed by atoms with Gasteiger partial charge < -0.3 is 14.4 Å². The van der Waals surface area contributed by atoms with Crippen molar-refractivity contribution in [3.63, 3.8) is 0 Å². The van der Waals surface area contributed by atoms with Gasteiger partial charge in [0.15, 0.2) is 0 Å². The molecule has 1 aromatic carbocycles. The molecule has 0 spiro atoms. The Bertz CT molecular complexity index is 1090. The van der Waals surface area contributed by atoms with E-state index < -0.39 is 17.5 Å². The molecule has 0 saturated carbocycles. The fraction of sp³-hybridized carbons (Fsp3) is 0.538. The van der Waals surface area contributed by atoms with Crippen LogP contribution in [0.5, 0.6) is 0 Å². The lowest BCUT2D eigenvalue weighted by Gasteiger charge is -2.44. The molecule has 3 aliphatic rings. The summed E-state index contributed by atoms with van der Waals surface area (Å²) in [4.78, 5) is 21.0. The Morgan fingerprint density at radius 3 is 2.39 bits per heavy atom. The van der Waals surface area contributed by atoms with Crippen molar-refractivity contribution >= 4 is 5.91 Å². The lowest BCUT2D eigenvalue weighted by molar-refractivity contribution is -0.268. The molecule has 1 amide bonds. The molecule has 36 heavy (non-hydrogen) atoms. The lowest BCUT2D eigenvalue weighted by Crippen LogP contribution is -2.59. The van der Waals surface area contributed by atoms with Gasteiger partial charge in [0.1, 0.15) is 5.82 Å². The molecule has 6 nitrogen and oxygen atoms in total. The highest BCUT2D eigenvalue weighted by atomic mass is 19.4. The molecule has 0 atom stereocenters. The second kappa shape index (κ2) is 9.72. The number of alkyl halides is 3. The van der Waals surface area contributed by atoms with Crippen LogP contribution in [-0.4, -0.2) is 65.4 Å². The summed E-state index contributed by atoms with van der Waals surface area (Å²) in [5.41, 5.74) is 1.29. The molecule has 194 valence electrons. The van der Waals surface area contributed by atoms with Crippen LogP contribution in [0.3, 0.4) is 0 Å². The predicted octanol–water partition coefficient (Wildman–Crippen LogP) is 4.14. The SMILES string of the molecule is CC1(C(=O)N2CCc3ncc(C(F)(F)F)cc3C2)OCC(N2CCC(c3ccc(F)cc3)CC2)CO1. The van der Waals surface area contributed by atoms with E-state index in [0.29, 0.717) is 43.4 Å². The van der Waals surface area contributed by atoms with Gasteiger partial charge in [-0.1, -0.05) is 12.1 Å². The van der Waals surface area contributed by atoms with E-state index in [1.165, 1.54) is 17.0 Å². The highest BCUT2D eigenvalue weighted by molar-refractivity contribution is 5.83. The maximum absolute atomic E-state index is 13.3. The van der Waals surface area contributed by atoms with E-state index in [9.17, 15) is 22.4 Å². The second-order valence-electron chi connectivity index (χ2n) is 9.89. The third-order valence-corrected chi connectivity index (χ3v) is 7.53. The van der Waals surface area contributed by atoms with Crippen LogP contribution in [-0.2, 0) is 33.4 Å². The number of rotatable bonds is 3. The Morgan fingerprint density at radius 2 is 1.75 bits per heavy atom. The van der Waals surface area contributed by atoms with Crippen molar-refractivity contribution in [3.8, 4) is 0 Å². The van der Waals surface area contributed by atoms with Crippen molar-refractivity contribution < 1.29 is 31.8 Å². The van der Waals surface area contributed by atoms with Crippen LogP contribution in [0, 0.1) is 5.82 Å². The molecule has 0 bridgehead atoms. The molecule has 4 heterocycles. The number of ether oxygens (including phenoxy) is 2. The summed E-state index contributed by atoms with van der Waals surface area (Å²) in [5, 5.41) is 0. The Morgan fingerprint density at radius 1 is 1.08 bits per heavy atom. The minimum atomic E-state index is -4.49. The minimum Gasteiger partial charge on any atom is -0.341 e. The quantitative estimate of drug-likeness (QED) is 0.585. The van der Waals surface area contributed by atoms with Gasteiger partial charge in [-0.25, -0.2) is 4.39 Å². The summed E-state index contributed by atoms with van der Waals surface area (Å²) in [6, 6.07) is 7.76. The van der Waals surface area contributed by atoms with Gasteiger partial charge in [0.25, 0.3) is 5.91 Å². The summed E-state index contributed by atoms with van der Waals surface area (Å²) in [6.07, 6.45) is -1.38. The maximum atomic E-state index is 13.3. The third-order valence-electron chi connectivity index (χ3n) is 7.53. The van der Waals surface area contributed by atoms with Gasteiger partial charge in [-0.3, -0.25) is 14.7 Å². The zero-order chi connectivity index (χ0) is 25.5. The topological polar surface area (TPSA) is 54.9 Å². The average Bonchev–Trinajstić information content (AvgIpc) is 2.88. The van der Waals surface area contributed by atoms with Crippen molar-refractivity contribution in [2.45, 2.75) is 56.7 Å². The molecule has 2 fully saturated rings. The number of nitrogens with zero attached hydrogens (tertiary/aromatic N) is 3. The standard InChI is InChI=1S/C26H29F4N3O3/c1-25(24(34)33-11-8-23-19(14-33)12-20(13-31-23)26(28,29)30)35-15-22(16-36-25)32-9-6-18(7-10-32)17-2-4-21(27)5-3-17/h2-5,12-13,18,22H,6-11,14-16H2,1H3. The summed E-state index contributed by atoms with van der Waals surface area (Å²) in [6.45, 7) is 4.30. The fourth-order valence-corrected chi connectivity index (χ4v) is 5.31. The van der Waals surface area contributed by atoms with Crippen molar-refractivity contribution in [1.82, 2.24) is 14.8 Å². The highest BCUT2D eigenvalue weighted by Gasteiger charge is 2.45. The molecule has 0 N–H and O–H groups in total. The largest absolute Gasteiger partial charge is 0.417 e. The normalized spacial score (nSPS) is 26.0. The van der Waals surface area contributed by atoms with Crippen LogP contribution < -0.4 is 0 Å². The molecular weight excluding hydrogens is 478 g/mol. The van der Waals surface area contributed by atoms with Crippen LogP contribution in [0.2, 0.25) is 0 Å². The summed E-state index contributed by atoms with van der Waals surface area (Å²) in [7, 11) is 0. The molecule has 2 saturated heterocycles. The minimum absolute atomic E-state index is 0.0145. The number of carbonyl (C=O) groups is 1. The van der Waals surface area contributed by atoms with E-state index in [1.54, 1.807) is 6.92 Å². The number of halogens is 4. The zero-order valence-electron chi connectivity index (χ0n) is 20.1. The zero-order valence-corrected chi connectivity index (χ0v) is 20.1. The highest BCUT2D eigenvalue weighted by Crippen LogP contribution is 2.33. The number of aromatic nitrogens is 1. The molecule has 10 heteroatoms. The number of fused-ring (bicyclic) bond motifs is 1. The van der Waals surface area contributed by atoms with Gasteiger partial charge in [0.2, 0.25) is 5.79 Å². The van der Waals surface area contributed by atoms with Crippen LogP contribution in [0.4, 0.5) is 17.6 Å². The van der Waals surface area contributed by atoms with Gasteiger partial charge >= 0.3 is 6.18 Å². The molecule has 2 aromatic rings. The van der Waals surface area contributed by atoms with E-state index in [2.05, 4.69) is 9.88 Å². The number of amides is 1. The first-order chi connectivity index (χ1) is 17.1. The predicted molar refractivity (Wildman–Crippen MR) is 122 cm³/mol. The van der Waals surface area contributed by atoms with Crippen molar-refractivity contribution in [2.75, 3.05) is 32.8 Å². The molecule has 0 radical (unpaired) electrons. The van der Waals surface area contributed by atoms with Gasteiger partial charge in [-0.05, 0) is 68.1 Å². The van der Waals surface area contributed by atoms with Crippen LogP contribution in [0.15, 0.2) is 36.5 Å². The van der Waals surface area contributed by atoms with E-state index >= 15 is 0 Å². The number of hydrogen-bond donors (Lipinski definition) is 0. The molecule has 1 aromatic heterocycles. The van der Waals surface area contributed by atoms with E-state index in [1.807, 2.05) is 12.1 Å². The fourth-order valence-electron chi connectivity index (χ4n) is 5.31. The van der Waals surface area contributed by atoms with Crippen molar-refractivity contribution in [2.24, 2.45) is 0 Å². The lowest BCUT2D eigenvalue weighted by atomic mass is 9.89. The third kappa shape index (κ3) is 5.12. The number of piperidine rings is 1. The number of likely N-dealkylation sites (tertiary alicyclic amines) is 1. The van der Waals surface area contributed by atoms with E-state index in [0.717, 1.165) is 43.8 Å². The summed E-state index contributed by atoms with van der Waals surface area (Å²) < 4.78 is 64.4. The van der Waals surface area contributed by atoms with Crippen molar-refractivity contribution in [3.05, 3.63) is 64.7 Å². The first kappa shape index (κ1) is 25.1. The summed E-state index contributed by atoms with van der Waals surface area (Å²) in [5.74, 6) is -1.72. The van der Waals surface area contributed by atoms with Crippen LogP contribution in [0.25, 0.3) is 0 Å². The number of hydrogen-bond acceptors (Lipinski definition) is 5. The molecule has 3 aliphatic heterocycles. The first-order valence-corrected chi connectivity index (χ1v) is 12.2. The number of pyridine rings is 1. The Balaban J connectivity index is 1.16. The van der Waals surface area contributed by atoms with Crippen molar-refractivity contribution in [1.29, 1.82) is 0 Å². The van der Waals surface area contributed by atoms with Gasteiger partial charge in [0.05, 0.1) is 24.8 Å². The molecule has 0 aliphatic carbocycles. The first-order valence-electron chi connectivity index (χ1n) is 12.2.